The Morgan fingerprint density at radius 1 is 1.19 bits per heavy atom. The highest BCUT2D eigenvalue weighted by atomic mass is 16.3. The number of aliphatic hydroxyl groups is 1. The lowest BCUT2D eigenvalue weighted by molar-refractivity contribution is 0.123. The fourth-order valence-electron chi connectivity index (χ4n) is 2.39. The molecule has 16 heavy (non-hydrogen) atoms. The molecule has 92 valence electrons. The number of aliphatic hydroxyl groups excluding tert-OH is 1. The molecule has 0 radical (unpaired) electrons. The van der Waals surface area contributed by atoms with Crippen molar-refractivity contribution in [2.75, 3.05) is 0 Å². The van der Waals surface area contributed by atoms with Gasteiger partial charge in [0.05, 0.1) is 6.10 Å². The van der Waals surface area contributed by atoms with Crippen LogP contribution in [0.1, 0.15) is 53.4 Å². The molecule has 0 aliphatic heterocycles. The first-order valence-electron chi connectivity index (χ1n) is 6.51. The minimum absolute atomic E-state index is 0.276. The molecule has 0 aromatic carbocycles. The van der Waals surface area contributed by atoms with Crippen molar-refractivity contribution in [3.8, 4) is 0 Å². The van der Waals surface area contributed by atoms with Crippen LogP contribution in [0.25, 0.3) is 0 Å². The van der Waals surface area contributed by atoms with Crippen molar-refractivity contribution in [3.05, 3.63) is 23.3 Å². The van der Waals surface area contributed by atoms with Crippen molar-refractivity contribution in [1.82, 2.24) is 0 Å². The molecule has 0 amide bonds. The average molecular weight is 222 g/mol. The molecule has 0 spiro atoms. The zero-order chi connectivity index (χ0) is 12.1. The van der Waals surface area contributed by atoms with Gasteiger partial charge < -0.3 is 5.11 Å². The first-order valence-corrected chi connectivity index (χ1v) is 6.51. The molecule has 1 N–H and O–H groups in total. The van der Waals surface area contributed by atoms with E-state index in [4.69, 9.17) is 0 Å². The van der Waals surface area contributed by atoms with Crippen LogP contribution in [0.2, 0.25) is 0 Å². The topological polar surface area (TPSA) is 20.2 Å². The molecule has 0 aromatic heterocycles. The molecule has 1 aliphatic carbocycles. The zero-order valence-electron chi connectivity index (χ0n) is 11.2. The molecule has 2 unspecified atom stereocenters. The Bertz CT molecular complexity index is 273. The van der Waals surface area contributed by atoms with E-state index in [-0.39, 0.29) is 6.10 Å². The van der Waals surface area contributed by atoms with E-state index in [9.17, 15) is 5.11 Å². The molecule has 2 atom stereocenters. The lowest BCUT2D eigenvalue weighted by atomic mass is 9.84. The van der Waals surface area contributed by atoms with Gasteiger partial charge in [-0.3, -0.25) is 0 Å². The zero-order valence-corrected chi connectivity index (χ0v) is 11.2. The van der Waals surface area contributed by atoms with Crippen molar-refractivity contribution in [1.29, 1.82) is 0 Å². The Morgan fingerprint density at radius 2 is 1.81 bits per heavy atom. The highest BCUT2D eigenvalue weighted by molar-refractivity contribution is 5.08. The van der Waals surface area contributed by atoms with Crippen molar-refractivity contribution < 1.29 is 5.11 Å². The van der Waals surface area contributed by atoms with Gasteiger partial charge in [0, 0.05) is 0 Å². The second-order valence-corrected chi connectivity index (χ2v) is 5.55. The van der Waals surface area contributed by atoms with Crippen LogP contribution >= 0.6 is 0 Å². The number of rotatable bonds is 1. The fraction of sp³-hybridized carbons (Fsp3) is 0.733. The summed E-state index contributed by atoms with van der Waals surface area (Å²) >= 11 is 0. The maximum Gasteiger partial charge on any atom is 0.0756 e. The van der Waals surface area contributed by atoms with Crippen LogP contribution in [0.4, 0.5) is 0 Å². The minimum Gasteiger partial charge on any atom is -0.389 e. The molecule has 0 fully saturated rings. The van der Waals surface area contributed by atoms with E-state index in [1.54, 1.807) is 0 Å². The van der Waals surface area contributed by atoms with Crippen molar-refractivity contribution >= 4 is 0 Å². The van der Waals surface area contributed by atoms with Crippen LogP contribution in [0, 0.1) is 11.8 Å². The van der Waals surface area contributed by atoms with Gasteiger partial charge in [-0.25, -0.2) is 0 Å². The molecule has 1 heteroatoms. The summed E-state index contributed by atoms with van der Waals surface area (Å²) in [7, 11) is 0. The number of hydrogen-bond acceptors (Lipinski definition) is 1. The van der Waals surface area contributed by atoms with Gasteiger partial charge in [0.2, 0.25) is 0 Å². The highest BCUT2D eigenvalue weighted by Gasteiger charge is 2.20. The summed E-state index contributed by atoms with van der Waals surface area (Å²) in [4.78, 5) is 0. The third kappa shape index (κ3) is 4.13. The summed E-state index contributed by atoms with van der Waals surface area (Å²) in [5.74, 6) is 0.894. The molecule has 1 aliphatic rings. The number of allylic oxidation sites excluding steroid dienone is 3. The van der Waals surface area contributed by atoms with Gasteiger partial charge in [-0.1, -0.05) is 37.1 Å². The number of hydrogen-bond donors (Lipinski definition) is 1. The monoisotopic (exact) mass is 222 g/mol. The van der Waals surface area contributed by atoms with Crippen molar-refractivity contribution in [2.45, 2.75) is 59.5 Å². The van der Waals surface area contributed by atoms with Crippen molar-refractivity contribution in [3.63, 3.8) is 0 Å². The van der Waals surface area contributed by atoms with E-state index < -0.39 is 0 Å². The van der Waals surface area contributed by atoms with Gasteiger partial charge in [0.15, 0.2) is 0 Å². The fourth-order valence-corrected chi connectivity index (χ4v) is 2.39. The third-order valence-corrected chi connectivity index (χ3v) is 3.63. The molecule has 0 bridgehead atoms. The van der Waals surface area contributed by atoms with E-state index >= 15 is 0 Å². The van der Waals surface area contributed by atoms with Gasteiger partial charge in [0.1, 0.15) is 0 Å². The van der Waals surface area contributed by atoms with Crippen LogP contribution in [0.15, 0.2) is 23.3 Å². The molecule has 0 aromatic rings. The highest BCUT2D eigenvalue weighted by Crippen LogP contribution is 2.25. The van der Waals surface area contributed by atoms with Crippen molar-refractivity contribution in [2.24, 2.45) is 11.8 Å². The van der Waals surface area contributed by atoms with Gasteiger partial charge in [-0.15, -0.1) is 0 Å². The van der Waals surface area contributed by atoms with Gasteiger partial charge in [-0.2, -0.15) is 0 Å². The van der Waals surface area contributed by atoms with Gasteiger partial charge in [0.25, 0.3) is 0 Å². The third-order valence-electron chi connectivity index (χ3n) is 3.63. The Hall–Kier alpha value is -0.560. The molecular formula is C15H26O. The first kappa shape index (κ1) is 13.5. The smallest absolute Gasteiger partial charge is 0.0756 e. The maximum atomic E-state index is 10.2. The van der Waals surface area contributed by atoms with Gasteiger partial charge >= 0.3 is 0 Å². The predicted octanol–water partition coefficient (Wildman–Crippen LogP) is 4.09. The summed E-state index contributed by atoms with van der Waals surface area (Å²) in [6.07, 6.45) is 8.65. The van der Waals surface area contributed by atoms with Gasteiger partial charge in [-0.05, 0) is 51.4 Å². The molecule has 1 rings (SSSR count). The molecule has 0 saturated carbocycles. The Labute approximate surface area is 100 Å². The molecule has 0 heterocycles. The van der Waals surface area contributed by atoms with Crippen LogP contribution in [-0.2, 0) is 0 Å². The Kier molecular flexibility index (Phi) is 5.27. The standard InChI is InChI=1S/C15H26O/c1-11(2)14-9-8-12(3)6-5-7-13(4)10-15(14)16/h8,10-11,14-16H,5-7,9H2,1-4H3/b12-8-,13-10-. The van der Waals surface area contributed by atoms with Crippen LogP contribution in [0.5, 0.6) is 0 Å². The lowest BCUT2D eigenvalue weighted by Crippen LogP contribution is -2.23. The average Bonchev–Trinajstić information content (AvgIpc) is 2.16. The van der Waals surface area contributed by atoms with Crippen LogP contribution in [0.3, 0.4) is 0 Å². The van der Waals surface area contributed by atoms with E-state index in [1.807, 2.05) is 0 Å². The normalized spacial score (nSPS) is 35.1. The molecule has 1 nitrogen and oxygen atoms in total. The quantitative estimate of drug-likeness (QED) is 0.663. The molecule has 0 saturated heterocycles. The van der Waals surface area contributed by atoms with E-state index in [0.717, 1.165) is 12.8 Å². The largest absolute Gasteiger partial charge is 0.389 e. The SMILES string of the molecule is C/C1=C/CC(C(C)C)C(O)/C=C(/C)CCC1. The maximum absolute atomic E-state index is 10.2. The summed E-state index contributed by atoms with van der Waals surface area (Å²) < 4.78 is 0. The Morgan fingerprint density at radius 3 is 2.44 bits per heavy atom. The first-order chi connectivity index (χ1) is 7.50. The lowest BCUT2D eigenvalue weighted by Gasteiger charge is -2.25. The molecular weight excluding hydrogens is 196 g/mol. The summed E-state index contributed by atoms with van der Waals surface area (Å²) in [5.41, 5.74) is 2.82. The van der Waals surface area contributed by atoms with E-state index in [2.05, 4.69) is 39.8 Å². The van der Waals surface area contributed by atoms with E-state index in [1.165, 1.54) is 24.0 Å². The Balaban J connectivity index is 2.82. The summed E-state index contributed by atoms with van der Waals surface area (Å²) in [5, 5.41) is 10.2. The van der Waals surface area contributed by atoms with Crippen LogP contribution in [-0.4, -0.2) is 11.2 Å². The second-order valence-electron chi connectivity index (χ2n) is 5.55. The summed E-state index contributed by atoms with van der Waals surface area (Å²) in [6, 6.07) is 0. The van der Waals surface area contributed by atoms with E-state index in [0.29, 0.717) is 11.8 Å². The summed E-state index contributed by atoms with van der Waals surface area (Å²) in [6.45, 7) is 8.75. The predicted molar refractivity (Wildman–Crippen MR) is 70.3 cm³/mol. The van der Waals surface area contributed by atoms with Crippen LogP contribution < -0.4 is 0 Å². The second kappa shape index (κ2) is 6.24. The minimum atomic E-state index is -0.276.